The lowest BCUT2D eigenvalue weighted by molar-refractivity contribution is -0.132. The van der Waals surface area contributed by atoms with Gasteiger partial charge in [-0.1, -0.05) is 13.8 Å². The highest BCUT2D eigenvalue weighted by molar-refractivity contribution is 5.76. The molecule has 1 atom stereocenters. The molecule has 1 fully saturated rings. The molecule has 1 saturated heterocycles. The van der Waals surface area contributed by atoms with Crippen molar-refractivity contribution >= 4 is 5.91 Å². The topological polar surface area (TPSA) is 29.5 Å². The van der Waals surface area contributed by atoms with Crippen LogP contribution >= 0.6 is 0 Å². The van der Waals surface area contributed by atoms with Gasteiger partial charge in [-0.3, -0.25) is 4.79 Å². The number of likely N-dealkylation sites (tertiary alicyclic amines) is 1. The highest BCUT2D eigenvalue weighted by atomic mass is 16.5. The Bertz CT molecular complexity index is 216. The third-order valence-corrected chi connectivity index (χ3v) is 3.38. The molecule has 0 spiro atoms. The molecule has 1 amide bonds. The van der Waals surface area contributed by atoms with E-state index in [-0.39, 0.29) is 0 Å². The van der Waals surface area contributed by atoms with Gasteiger partial charge in [0.05, 0.1) is 0 Å². The second-order valence-corrected chi connectivity index (χ2v) is 4.99. The minimum absolute atomic E-state index is 0.340. The van der Waals surface area contributed by atoms with Gasteiger partial charge in [-0.25, -0.2) is 0 Å². The van der Waals surface area contributed by atoms with Crippen molar-refractivity contribution in [3.8, 4) is 0 Å². The van der Waals surface area contributed by atoms with Gasteiger partial charge < -0.3 is 9.64 Å². The predicted octanol–water partition coefficient (Wildman–Crippen LogP) is 2.45. The van der Waals surface area contributed by atoms with E-state index >= 15 is 0 Å². The molecule has 0 aromatic carbocycles. The zero-order chi connectivity index (χ0) is 12.0. The van der Waals surface area contributed by atoms with Crippen LogP contribution in [0.15, 0.2) is 0 Å². The Kier molecular flexibility index (Phi) is 5.81. The lowest BCUT2D eigenvalue weighted by Gasteiger charge is -2.27. The third kappa shape index (κ3) is 3.78. The van der Waals surface area contributed by atoms with Crippen LogP contribution in [0, 0.1) is 5.92 Å². The van der Waals surface area contributed by atoms with Gasteiger partial charge in [0, 0.05) is 32.7 Å². The van der Waals surface area contributed by atoms with Gasteiger partial charge >= 0.3 is 0 Å². The van der Waals surface area contributed by atoms with E-state index in [1.54, 1.807) is 7.11 Å². The molecule has 0 bridgehead atoms. The minimum Gasteiger partial charge on any atom is -0.385 e. The highest BCUT2D eigenvalue weighted by Gasteiger charge is 2.29. The molecule has 1 heterocycles. The van der Waals surface area contributed by atoms with Crippen LogP contribution in [-0.2, 0) is 9.53 Å². The molecule has 3 nitrogen and oxygen atoms in total. The smallest absolute Gasteiger partial charge is 0.222 e. The first-order chi connectivity index (χ1) is 7.66. The normalized spacial score (nSPS) is 20.8. The van der Waals surface area contributed by atoms with Crippen molar-refractivity contribution in [2.75, 3.05) is 20.3 Å². The number of hydrogen-bond donors (Lipinski definition) is 0. The van der Waals surface area contributed by atoms with E-state index in [4.69, 9.17) is 4.74 Å². The summed E-state index contributed by atoms with van der Waals surface area (Å²) in [7, 11) is 1.71. The molecule has 94 valence electrons. The summed E-state index contributed by atoms with van der Waals surface area (Å²) < 4.78 is 4.98. The molecule has 0 radical (unpaired) electrons. The number of carbonyl (C=O) groups excluding carboxylic acids is 1. The van der Waals surface area contributed by atoms with Gasteiger partial charge in [0.15, 0.2) is 0 Å². The zero-order valence-electron chi connectivity index (χ0n) is 10.9. The summed E-state index contributed by atoms with van der Waals surface area (Å²) in [5, 5.41) is 0. The second kappa shape index (κ2) is 6.89. The maximum Gasteiger partial charge on any atom is 0.222 e. The second-order valence-electron chi connectivity index (χ2n) is 4.99. The third-order valence-electron chi connectivity index (χ3n) is 3.38. The number of nitrogens with zero attached hydrogens (tertiary/aromatic N) is 1. The number of methoxy groups -OCH3 is 1. The van der Waals surface area contributed by atoms with Gasteiger partial charge in [-0.05, 0) is 31.6 Å². The van der Waals surface area contributed by atoms with Crippen LogP contribution in [0.4, 0.5) is 0 Å². The summed E-state index contributed by atoms with van der Waals surface area (Å²) in [4.78, 5) is 14.1. The Morgan fingerprint density at radius 2 is 2.19 bits per heavy atom. The van der Waals surface area contributed by atoms with E-state index in [9.17, 15) is 4.79 Å². The number of rotatable bonds is 6. The summed E-state index contributed by atoms with van der Waals surface area (Å²) in [5.74, 6) is 0.928. The maximum absolute atomic E-state index is 12.0. The molecule has 0 aliphatic carbocycles. The fourth-order valence-electron chi connectivity index (χ4n) is 2.46. The maximum atomic E-state index is 12.0. The first kappa shape index (κ1) is 13.5. The Hall–Kier alpha value is -0.570. The van der Waals surface area contributed by atoms with E-state index in [1.165, 1.54) is 12.8 Å². The van der Waals surface area contributed by atoms with Gasteiger partial charge in [0.1, 0.15) is 0 Å². The monoisotopic (exact) mass is 227 g/mol. The fourth-order valence-corrected chi connectivity index (χ4v) is 2.46. The van der Waals surface area contributed by atoms with E-state index in [0.29, 0.717) is 24.3 Å². The first-order valence-corrected chi connectivity index (χ1v) is 6.45. The molecule has 1 aliphatic heterocycles. The Labute approximate surface area is 99.1 Å². The number of carbonyl (C=O) groups is 1. The lowest BCUT2D eigenvalue weighted by Crippen LogP contribution is -2.38. The van der Waals surface area contributed by atoms with Gasteiger partial charge in [-0.15, -0.1) is 0 Å². The van der Waals surface area contributed by atoms with E-state index in [1.807, 2.05) is 0 Å². The first-order valence-electron chi connectivity index (χ1n) is 6.45. The Morgan fingerprint density at radius 1 is 1.44 bits per heavy atom. The number of ether oxygens (including phenoxy) is 1. The molecule has 1 unspecified atom stereocenters. The molecule has 1 aliphatic rings. The van der Waals surface area contributed by atoms with Crippen molar-refractivity contribution in [1.82, 2.24) is 4.90 Å². The Morgan fingerprint density at radius 3 is 2.81 bits per heavy atom. The highest BCUT2D eigenvalue weighted by Crippen LogP contribution is 2.24. The van der Waals surface area contributed by atoms with Crippen molar-refractivity contribution in [2.45, 2.75) is 52.0 Å². The molecule has 0 N–H and O–H groups in total. The van der Waals surface area contributed by atoms with Crippen LogP contribution in [0.25, 0.3) is 0 Å². The molecule has 0 aromatic heterocycles. The van der Waals surface area contributed by atoms with Crippen molar-refractivity contribution in [3.63, 3.8) is 0 Å². The quantitative estimate of drug-likeness (QED) is 0.652. The summed E-state index contributed by atoms with van der Waals surface area (Å²) in [6.45, 7) is 6.15. The van der Waals surface area contributed by atoms with Crippen molar-refractivity contribution in [2.24, 2.45) is 5.92 Å². The van der Waals surface area contributed by atoms with Crippen molar-refractivity contribution in [3.05, 3.63) is 0 Å². The number of hydrogen-bond acceptors (Lipinski definition) is 2. The molecule has 1 rings (SSSR count). The van der Waals surface area contributed by atoms with E-state index in [0.717, 1.165) is 26.0 Å². The lowest BCUT2D eigenvalue weighted by atomic mass is 10.0. The predicted molar refractivity (Wildman–Crippen MR) is 65.3 cm³/mol. The average molecular weight is 227 g/mol. The van der Waals surface area contributed by atoms with Crippen LogP contribution in [0.2, 0.25) is 0 Å². The molecule has 3 heteroatoms. The molecule has 16 heavy (non-hydrogen) atoms. The zero-order valence-corrected chi connectivity index (χ0v) is 10.9. The van der Waals surface area contributed by atoms with Gasteiger partial charge in [-0.2, -0.15) is 0 Å². The standard InChI is InChI=1S/C13H25NO2/c1-11(2)12-7-6-9-14(12)13(15)8-4-5-10-16-3/h11-12H,4-10H2,1-3H3. The largest absolute Gasteiger partial charge is 0.385 e. The van der Waals surface area contributed by atoms with E-state index < -0.39 is 0 Å². The van der Waals surface area contributed by atoms with Crippen molar-refractivity contribution in [1.29, 1.82) is 0 Å². The SMILES string of the molecule is COCCCCC(=O)N1CCCC1C(C)C. The summed E-state index contributed by atoms with van der Waals surface area (Å²) >= 11 is 0. The molecular weight excluding hydrogens is 202 g/mol. The molecular formula is C13H25NO2. The summed E-state index contributed by atoms with van der Waals surface area (Å²) in [6, 6.07) is 0.481. The van der Waals surface area contributed by atoms with Crippen LogP contribution in [-0.4, -0.2) is 37.1 Å². The summed E-state index contributed by atoms with van der Waals surface area (Å²) in [5.41, 5.74) is 0. The fraction of sp³-hybridized carbons (Fsp3) is 0.923. The van der Waals surface area contributed by atoms with Crippen LogP contribution in [0.5, 0.6) is 0 Å². The number of amides is 1. The molecule has 0 aromatic rings. The average Bonchev–Trinajstić information content (AvgIpc) is 2.73. The van der Waals surface area contributed by atoms with Gasteiger partial charge in [0.2, 0.25) is 5.91 Å². The Balaban J connectivity index is 2.29. The van der Waals surface area contributed by atoms with Crippen LogP contribution in [0.1, 0.15) is 46.0 Å². The van der Waals surface area contributed by atoms with Crippen LogP contribution in [0.3, 0.4) is 0 Å². The number of unbranched alkanes of at least 4 members (excludes halogenated alkanes) is 1. The van der Waals surface area contributed by atoms with Crippen molar-refractivity contribution < 1.29 is 9.53 Å². The molecule has 0 saturated carbocycles. The van der Waals surface area contributed by atoms with Gasteiger partial charge in [0.25, 0.3) is 0 Å². The van der Waals surface area contributed by atoms with E-state index in [2.05, 4.69) is 18.7 Å². The summed E-state index contributed by atoms with van der Waals surface area (Å²) in [6.07, 6.45) is 4.98. The minimum atomic E-state index is 0.340. The van der Waals surface area contributed by atoms with Crippen LogP contribution < -0.4 is 0 Å².